The van der Waals surface area contributed by atoms with Gasteiger partial charge >= 0.3 is 5.97 Å². The van der Waals surface area contributed by atoms with Crippen molar-refractivity contribution in [3.05, 3.63) is 27.8 Å². The molecule has 162 valence electrons. The highest BCUT2D eigenvalue weighted by atomic mass is 32.2. The maximum atomic E-state index is 12.7. The van der Waals surface area contributed by atoms with Crippen molar-refractivity contribution in [2.75, 3.05) is 13.2 Å². The molecule has 4 N–H and O–H groups in total. The molecule has 0 bridgehead atoms. The number of aliphatic hydroxyl groups excluding tert-OH is 2. The summed E-state index contributed by atoms with van der Waals surface area (Å²) in [4.78, 5) is 31.3. The standard InChI is InChI=1S/C20H25N3O5S2/c1-9-15(14(17(26)27)23-16(9)20(3,10(2)25)18(23)28)30-19-22-13(8-29-19)11-4-5-12(7-24)21-6-11/h4,8-10,12,16,21,24-25H,5-7H2,1-3H3,(H,26,27)/t9-,10+,12-,16?,20+/m0/s1. The fraction of sp³-hybridized carbons (Fsp3) is 0.550. The lowest BCUT2D eigenvalue weighted by Crippen LogP contribution is -2.70. The highest BCUT2D eigenvalue weighted by Crippen LogP contribution is 2.57. The molecule has 0 aliphatic carbocycles. The van der Waals surface area contributed by atoms with E-state index in [9.17, 15) is 24.9 Å². The highest BCUT2D eigenvalue weighted by molar-refractivity contribution is 8.04. The van der Waals surface area contributed by atoms with Crippen molar-refractivity contribution >= 4 is 40.5 Å². The third-order valence-electron chi connectivity index (χ3n) is 6.46. The van der Waals surface area contributed by atoms with Crippen LogP contribution in [0.25, 0.3) is 5.57 Å². The number of β-lactam (4-membered cyclic amide) rings is 1. The molecule has 1 unspecified atom stereocenters. The van der Waals surface area contributed by atoms with E-state index in [1.807, 2.05) is 12.3 Å². The SMILES string of the molecule is C[C@H]1C(Sc2nc(C3=CC[C@@H](CO)NC3)cs2)=C(C(=O)O)N2C(=O)[C@](C)([C@@H](C)O)C12. The summed E-state index contributed by atoms with van der Waals surface area (Å²) in [6.07, 6.45) is 1.93. The Kier molecular flexibility index (Phi) is 5.56. The summed E-state index contributed by atoms with van der Waals surface area (Å²) in [7, 11) is 0. The second kappa shape index (κ2) is 7.76. The van der Waals surface area contributed by atoms with E-state index in [1.54, 1.807) is 13.8 Å². The predicted octanol–water partition coefficient (Wildman–Crippen LogP) is 1.52. The average Bonchev–Trinajstić information content (AvgIpc) is 3.29. The van der Waals surface area contributed by atoms with Gasteiger partial charge < -0.3 is 20.6 Å². The third kappa shape index (κ3) is 3.13. The molecule has 1 aromatic rings. The first-order chi connectivity index (χ1) is 14.2. The minimum atomic E-state index is -1.14. The number of aromatic nitrogens is 1. The number of aliphatic carboxylic acids is 1. The fourth-order valence-electron chi connectivity index (χ4n) is 4.53. The lowest BCUT2D eigenvalue weighted by molar-refractivity contribution is -0.181. The number of carbonyl (C=O) groups excluding carboxylic acids is 1. The van der Waals surface area contributed by atoms with Crippen molar-refractivity contribution in [2.45, 2.75) is 49.7 Å². The number of hydrogen-bond donors (Lipinski definition) is 4. The molecule has 5 atom stereocenters. The van der Waals surface area contributed by atoms with Gasteiger partial charge in [0.05, 0.1) is 29.9 Å². The first-order valence-electron chi connectivity index (χ1n) is 9.86. The van der Waals surface area contributed by atoms with Crippen LogP contribution < -0.4 is 5.32 Å². The van der Waals surface area contributed by atoms with Crippen LogP contribution in [0.15, 0.2) is 26.4 Å². The predicted molar refractivity (Wildman–Crippen MR) is 114 cm³/mol. The van der Waals surface area contributed by atoms with E-state index in [1.165, 1.54) is 28.0 Å². The van der Waals surface area contributed by atoms with Gasteiger partial charge in [-0.15, -0.1) is 11.3 Å². The van der Waals surface area contributed by atoms with Crippen LogP contribution in [0.3, 0.4) is 0 Å². The molecule has 1 amide bonds. The zero-order chi connectivity index (χ0) is 21.8. The van der Waals surface area contributed by atoms with E-state index in [4.69, 9.17) is 0 Å². The second-order valence-corrected chi connectivity index (χ2v) is 10.4. The summed E-state index contributed by atoms with van der Waals surface area (Å²) in [5.74, 6) is -1.70. The van der Waals surface area contributed by atoms with Crippen LogP contribution in [0, 0.1) is 11.3 Å². The van der Waals surface area contributed by atoms with Crippen LogP contribution in [-0.4, -0.2) is 68.4 Å². The van der Waals surface area contributed by atoms with Gasteiger partial charge in [0.1, 0.15) is 5.70 Å². The van der Waals surface area contributed by atoms with Crippen LogP contribution >= 0.6 is 23.1 Å². The van der Waals surface area contributed by atoms with E-state index >= 15 is 0 Å². The van der Waals surface area contributed by atoms with Gasteiger partial charge in [-0.3, -0.25) is 9.69 Å². The Morgan fingerprint density at radius 2 is 2.27 bits per heavy atom. The van der Waals surface area contributed by atoms with Gasteiger partial charge in [0.15, 0.2) is 4.34 Å². The van der Waals surface area contributed by atoms with Crippen molar-refractivity contribution < 1.29 is 24.9 Å². The first-order valence-corrected chi connectivity index (χ1v) is 11.6. The molecule has 0 saturated carbocycles. The molecule has 8 nitrogen and oxygen atoms in total. The van der Waals surface area contributed by atoms with Gasteiger partial charge in [-0.1, -0.05) is 24.8 Å². The molecule has 0 spiro atoms. The summed E-state index contributed by atoms with van der Waals surface area (Å²) in [5.41, 5.74) is 0.901. The van der Waals surface area contributed by atoms with Gasteiger partial charge in [0.25, 0.3) is 0 Å². The maximum absolute atomic E-state index is 12.7. The normalized spacial score (nSPS) is 32.0. The fourth-order valence-corrected chi connectivity index (χ4v) is 6.63. The number of fused-ring (bicyclic) bond motifs is 1. The van der Waals surface area contributed by atoms with Gasteiger partial charge in [0.2, 0.25) is 5.91 Å². The third-order valence-corrected chi connectivity index (χ3v) is 8.69. The number of carbonyl (C=O) groups is 2. The van der Waals surface area contributed by atoms with Crippen molar-refractivity contribution in [3.63, 3.8) is 0 Å². The van der Waals surface area contributed by atoms with Gasteiger partial charge in [-0.25, -0.2) is 9.78 Å². The minimum Gasteiger partial charge on any atom is -0.477 e. The number of hydrogen-bond acceptors (Lipinski definition) is 8. The lowest BCUT2D eigenvalue weighted by Gasteiger charge is -2.54. The van der Waals surface area contributed by atoms with Crippen molar-refractivity contribution in [3.8, 4) is 0 Å². The van der Waals surface area contributed by atoms with E-state index in [0.717, 1.165) is 17.7 Å². The van der Waals surface area contributed by atoms with Gasteiger partial charge in [0, 0.05) is 28.8 Å². The molecule has 0 aromatic carbocycles. The molecule has 4 heterocycles. The molecule has 0 radical (unpaired) electrons. The van der Waals surface area contributed by atoms with Crippen molar-refractivity contribution in [1.29, 1.82) is 0 Å². The molecule has 1 aromatic heterocycles. The molecule has 4 rings (SSSR count). The molecule has 1 fully saturated rings. The average molecular weight is 452 g/mol. The van der Waals surface area contributed by atoms with Crippen molar-refractivity contribution in [1.82, 2.24) is 15.2 Å². The summed E-state index contributed by atoms with van der Waals surface area (Å²) < 4.78 is 0.712. The number of thiazole rings is 1. The molecular weight excluding hydrogens is 426 g/mol. The van der Waals surface area contributed by atoms with E-state index in [2.05, 4.69) is 16.4 Å². The van der Waals surface area contributed by atoms with E-state index in [0.29, 0.717) is 15.8 Å². The van der Waals surface area contributed by atoms with Gasteiger partial charge in [-0.05, 0) is 25.8 Å². The monoisotopic (exact) mass is 451 g/mol. The minimum absolute atomic E-state index is 0.00158. The van der Waals surface area contributed by atoms with Crippen LogP contribution in [-0.2, 0) is 9.59 Å². The Hall–Kier alpha value is -1.72. The number of nitrogens with one attached hydrogen (secondary N) is 1. The largest absolute Gasteiger partial charge is 0.477 e. The Labute approximate surface area is 182 Å². The summed E-state index contributed by atoms with van der Waals surface area (Å²) in [5, 5.41) is 34.4. The zero-order valence-electron chi connectivity index (χ0n) is 17.0. The smallest absolute Gasteiger partial charge is 0.353 e. The Morgan fingerprint density at radius 3 is 2.83 bits per heavy atom. The lowest BCUT2D eigenvalue weighted by atomic mass is 9.66. The first kappa shape index (κ1) is 21.5. The number of thioether (sulfide) groups is 1. The molecule has 3 aliphatic heterocycles. The van der Waals surface area contributed by atoms with Crippen LogP contribution in [0.4, 0.5) is 0 Å². The molecule has 30 heavy (non-hydrogen) atoms. The number of aliphatic hydroxyl groups is 2. The number of nitrogens with zero attached hydrogens (tertiary/aromatic N) is 2. The summed E-state index contributed by atoms with van der Waals surface area (Å²) in [6, 6.07) is -0.312. The quantitative estimate of drug-likeness (QED) is 0.480. The van der Waals surface area contributed by atoms with Crippen LogP contribution in [0.5, 0.6) is 0 Å². The van der Waals surface area contributed by atoms with Crippen LogP contribution in [0.2, 0.25) is 0 Å². The second-order valence-electron chi connectivity index (χ2n) is 8.21. The molecule has 3 aliphatic rings. The summed E-state index contributed by atoms with van der Waals surface area (Å²) in [6.45, 7) is 5.89. The van der Waals surface area contributed by atoms with Crippen molar-refractivity contribution in [2.24, 2.45) is 11.3 Å². The van der Waals surface area contributed by atoms with E-state index in [-0.39, 0.29) is 36.2 Å². The number of amides is 1. The Morgan fingerprint density at radius 1 is 1.53 bits per heavy atom. The molecular formula is C20H25N3O5S2. The zero-order valence-corrected chi connectivity index (χ0v) is 18.6. The number of carboxylic acids is 1. The van der Waals surface area contributed by atoms with Crippen LogP contribution in [0.1, 0.15) is 32.9 Å². The summed E-state index contributed by atoms with van der Waals surface area (Å²) >= 11 is 2.73. The maximum Gasteiger partial charge on any atom is 0.353 e. The highest BCUT2D eigenvalue weighted by Gasteiger charge is 2.67. The molecule has 1 saturated heterocycles. The Bertz CT molecular complexity index is 956. The topological polar surface area (TPSA) is 123 Å². The molecule has 10 heteroatoms. The van der Waals surface area contributed by atoms with Gasteiger partial charge in [-0.2, -0.15) is 0 Å². The Balaban J connectivity index is 1.59. The number of rotatable bonds is 6. The van der Waals surface area contributed by atoms with E-state index < -0.39 is 17.5 Å². The number of carboxylic acid groups (broad SMARTS) is 1.